The molecule has 82 valence electrons. The SMILES string of the molecule is CCn1ccnc1C(=O)c1ccc(F)cn1. The zero-order valence-corrected chi connectivity index (χ0v) is 8.72. The Bertz CT molecular complexity index is 504. The minimum absolute atomic E-state index is 0.197. The highest BCUT2D eigenvalue weighted by molar-refractivity contribution is 6.05. The van der Waals surface area contributed by atoms with E-state index >= 15 is 0 Å². The van der Waals surface area contributed by atoms with E-state index in [9.17, 15) is 9.18 Å². The molecule has 16 heavy (non-hydrogen) atoms. The molecule has 4 nitrogen and oxygen atoms in total. The molecule has 0 aliphatic carbocycles. The second kappa shape index (κ2) is 4.22. The van der Waals surface area contributed by atoms with Crippen molar-refractivity contribution in [2.75, 3.05) is 0 Å². The molecular formula is C11H10FN3O. The molecule has 0 unspecified atom stereocenters. The summed E-state index contributed by atoms with van der Waals surface area (Å²) in [6.07, 6.45) is 4.30. The first-order valence-electron chi connectivity index (χ1n) is 4.89. The Morgan fingerprint density at radius 2 is 2.25 bits per heavy atom. The van der Waals surface area contributed by atoms with Crippen LogP contribution in [0.1, 0.15) is 23.2 Å². The van der Waals surface area contributed by atoms with Gasteiger partial charge >= 0.3 is 0 Å². The number of hydrogen-bond acceptors (Lipinski definition) is 3. The molecule has 0 saturated carbocycles. The van der Waals surface area contributed by atoms with E-state index in [0.29, 0.717) is 12.4 Å². The number of aryl methyl sites for hydroxylation is 1. The van der Waals surface area contributed by atoms with E-state index in [1.807, 2.05) is 6.92 Å². The lowest BCUT2D eigenvalue weighted by Gasteiger charge is -2.02. The van der Waals surface area contributed by atoms with Gasteiger partial charge in [0.15, 0.2) is 5.82 Å². The molecule has 0 N–H and O–H groups in total. The third-order valence-electron chi connectivity index (χ3n) is 2.22. The van der Waals surface area contributed by atoms with Crippen molar-refractivity contribution in [3.63, 3.8) is 0 Å². The first-order valence-corrected chi connectivity index (χ1v) is 4.89. The molecule has 0 spiro atoms. The predicted octanol–water partition coefficient (Wildman–Crippen LogP) is 1.67. The molecule has 2 heterocycles. The van der Waals surface area contributed by atoms with Crippen molar-refractivity contribution in [1.82, 2.24) is 14.5 Å². The first kappa shape index (κ1) is 10.5. The van der Waals surface area contributed by atoms with Gasteiger partial charge in [0.2, 0.25) is 5.78 Å². The van der Waals surface area contributed by atoms with Crippen molar-refractivity contribution in [2.24, 2.45) is 0 Å². The number of hydrogen-bond donors (Lipinski definition) is 0. The minimum Gasteiger partial charge on any atom is -0.328 e. The van der Waals surface area contributed by atoms with E-state index < -0.39 is 5.82 Å². The summed E-state index contributed by atoms with van der Waals surface area (Å²) in [5.41, 5.74) is 0.197. The summed E-state index contributed by atoms with van der Waals surface area (Å²) in [5.74, 6) is -0.441. The van der Waals surface area contributed by atoms with Crippen LogP contribution in [0.3, 0.4) is 0 Å². The number of aromatic nitrogens is 3. The van der Waals surface area contributed by atoms with E-state index in [1.54, 1.807) is 17.0 Å². The van der Waals surface area contributed by atoms with Crippen molar-refractivity contribution in [1.29, 1.82) is 0 Å². The Kier molecular flexibility index (Phi) is 2.76. The number of nitrogens with zero attached hydrogens (tertiary/aromatic N) is 3. The summed E-state index contributed by atoms with van der Waals surface area (Å²) >= 11 is 0. The lowest BCUT2D eigenvalue weighted by molar-refractivity contribution is 0.102. The van der Waals surface area contributed by atoms with Crippen molar-refractivity contribution < 1.29 is 9.18 Å². The van der Waals surface area contributed by atoms with Crippen LogP contribution >= 0.6 is 0 Å². The van der Waals surface area contributed by atoms with Crippen LogP contribution in [0, 0.1) is 5.82 Å². The largest absolute Gasteiger partial charge is 0.328 e. The maximum atomic E-state index is 12.6. The third-order valence-corrected chi connectivity index (χ3v) is 2.22. The average Bonchev–Trinajstić information content (AvgIpc) is 2.77. The van der Waals surface area contributed by atoms with Crippen LogP contribution in [-0.2, 0) is 6.54 Å². The Morgan fingerprint density at radius 3 is 2.88 bits per heavy atom. The minimum atomic E-state index is -0.463. The Labute approximate surface area is 91.8 Å². The van der Waals surface area contributed by atoms with Crippen LogP contribution in [-0.4, -0.2) is 20.3 Å². The lowest BCUT2D eigenvalue weighted by atomic mass is 10.2. The maximum absolute atomic E-state index is 12.6. The lowest BCUT2D eigenvalue weighted by Crippen LogP contribution is -2.11. The Morgan fingerprint density at radius 1 is 1.44 bits per heavy atom. The van der Waals surface area contributed by atoms with Crippen molar-refractivity contribution in [2.45, 2.75) is 13.5 Å². The van der Waals surface area contributed by atoms with E-state index in [0.717, 1.165) is 6.20 Å². The molecule has 2 aromatic heterocycles. The molecule has 0 bridgehead atoms. The molecule has 0 atom stereocenters. The van der Waals surface area contributed by atoms with Gasteiger partial charge < -0.3 is 4.57 Å². The monoisotopic (exact) mass is 219 g/mol. The number of pyridine rings is 1. The topological polar surface area (TPSA) is 47.8 Å². The van der Waals surface area contributed by atoms with E-state index in [2.05, 4.69) is 9.97 Å². The second-order valence-electron chi connectivity index (χ2n) is 3.23. The fourth-order valence-electron chi connectivity index (χ4n) is 1.40. The van der Waals surface area contributed by atoms with Crippen LogP contribution in [0.4, 0.5) is 4.39 Å². The van der Waals surface area contributed by atoms with Crippen LogP contribution < -0.4 is 0 Å². The molecule has 0 radical (unpaired) electrons. The fraction of sp³-hybridized carbons (Fsp3) is 0.182. The first-order chi connectivity index (χ1) is 7.72. The van der Waals surface area contributed by atoms with Gasteiger partial charge in [-0.1, -0.05) is 0 Å². The molecule has 5 heteroatoms. The molecule has 0 aliphatic heterocycles. The molecule has 0 fully saturated rings. The number of carbonyl (C=O) groups is 1. The van der Waals surface area contributed by atoms with E-state index in [4.69, 9.17) is 0 Å². The standard InChI is InChI=1S/C11H10FN3O/c1-2-15-6-5-13-11(15)10(16)9-4-3-8(12)7-14-9/h3-7H,2H2,1H3. The number of carbonyl (C=O) groups excluding carboxylic acids is 1. The molecular weight excluding hydrogens is 209 g/mol. The highest BCUT2D eigenvalue weighted by Gasteiger charge is 2.15. The number of halogens is 1. The van der Waals surface area contributed by atoms with Crippen LogP contribution in [0.15, 0.2) is 30.7 Å². The maximum Gasteiger partial charge on any atom is 0.246 e. The van der Waals surface area contributed by atoms with Gasteiger partial charge in [0.25, 0.3) is 0 Å². The number of imidazole rings is 1. The average molecular weight is 219 g/mol. The summed E-state index contributed by atoms with van der Waals surface area (Å²) in [7, 11) is 0. The van der Waals surface area contributed by atoms with Crippen LogP contribution in [0.2, 0.25) is 0 Å². The van der Waals surface area contributed by atoms with Gasteiger partial charge in [-0.3, -0.25) is 4.79 Å². The third kappa shape index (κ3) is 1.84. The van der Waals surface area contributed by atoms with Crippen molar-refractivity contribution in [3.8, 4) is 0 Å². The summed E-state index contributed by atoms with van der Waals surface area (Å²) in [5, 5.41) is 0. The van der Waals surface area contributed by atoms with Gasteiger partial charge in [-0.25, -0.2) is 14.4 Å². The molecule has 0 amide bonds. The normalized spacial score (nSPS) is 10.4. The smallest absolute Gasteiger partial charge is 0.246 e. The zero-order valence-electron chi connectivity index (χ0n) is 8.72. The molecule has 0 saturated heterocycles. The van der Waals surface area contributed by atoms with Crippen LogP contribution in [0.5, 0.6) is 0 Å². The summed E-state index contributed by atoms with van der Waals surface area (Å²) in [6.45, 7) is 2.57. The predicted molar refractivity (Wildman–Crippen MR) is 55.5 cm³/mol. The van der Waals surface area contributed by atoms with Gasteiger partial charge in [-0.2, -0.15) is 0 Å². The molecule has 2 rings (SSSR count). The van der Waals surface area contributed by atoms with Gasteiger partial charge in [-0.15, -0.1) is 0 Å². The van der Waals surface area contributed by atoms with Crippen molar-refractivity contribution >= 4 is 5.78 Å². The highest BCUT2D eigenvalue weighted by atomic mass is 19.1. The summed E-state index contributed by atoms with van der Waals surface area (Å²) in [4.78, 5) is 19.6. The van der Waals surface area contributed by atoms with Crippen molar-refractivity contribution in [3.05, 3.63) is 48.1 Å². The second-order valence-corrected chi connectivity index (χ2v) is 3.23. The molecule has 0 aliphatic rings. The summed E-state index contributed by atoms with van der Waals surface area (Å²) in [6, 6.07) is 2.56. The fourth-order valence-corrected chi connectivity index (χ4v) is 1.40. The zero-order chi connectivity index (χ0) is 11.5. The summed E-state index contributed by atoms with van der Waals surface area (Å²) < 4.78 is 14.4. The quantitative estimate of drug-likeness (QED) is 0.738. The van der Waals surface area contributed by atoms with Gasteiger partial charge in [0.05, 0.1) is 6.20 Å². The molecule has 0 aromatic carbocycles. The van der Waals surface area contributed by atoms with Crippen LogP contribution in [0.25, 0.3) is 0 Å². The Hall–Kier alpha value is -2.04. The number of rotatable bonds is 3. The highest BCUT2D eigenvalue weighted by Crippen LogP contribution is 2.06. The van der Waals surface area contributed by atoms with E-state index in [1.165, 1.54) is 12.1 Å². The van der Waals surface area contributed by atoms with Gasteiger partial charge in [0, 0.05) is 18.9 Å². The number of ketones is 1. The van der Waals surface area contributed by atoms with Gasteiger partial charge in [0.1, 0.15) is 11.5 Å². The van der Waals surface area contributed by atoms with E-state index in [-0.39, 0.29) is 11.5 Å². The molecule has 2 aromatic rings. The Balaban J connectivity index is 2.35. The van der Waals surface area contributed by atoms with Gasteiger partial charge in [-0.05, 0) is 19.1 Å².